The van der Waals surface area contributed by atoms with E-state index in [1.54, 1.807) is 0 Å². The van der Waals surface area contributed by atoms with Crippen LogP contribution in [0, 0.1) is 11.8 Å². The van der Waals surface area contributed by atoms with Crippen LogP contribution in [-0.4, -0.2) is 36.3 Å². The number of hydrogen-bond donors (Lipinski definition) is 2. The third kappa shape index (κ3) is 4.97. The fraction of sp³-hybridized carbons (Fsp3) is 0.706. The summed E-state index contributed by atoms with van der Waals surface area (Å²) in [5, 5.41) is 12.7. The maximum atomic E-state index is 9.15. The van der Waals surface area contributed by atoms with Gasteiger partial charge >= 0.3 is 0 Å². The zero-order valence-electron chi connectivity index (χ0n) is 13.4. The van der Waals surface area contributed by atoms with Crippen LogP contribution >= 0.6 is 0 Å². The zero-order chi connectivity index (χ0) is 15.1. The van der Waals surface area contributed by atoms with Gasteiger partial charge in [-0.05, 0) is 43.7 Å². The van der Waals surface area contributed by atoms with Crippen molar-refractivity contribution < 1.29 is 5.11 Å². The van der Waals surface area contributed by atoms with E-state index in [2.05, 4.69) is 35.1 Å². The fourth-order valence-corrected chi connectivity index (χ4v) is 3.02. The lowest BCUT2D eigenvalue weighted by atomic mass is 9.95. The van der Waals surface area contributed by atoms with Crippen LogP contribution in [0.15, 0.2) is 18.3 Å². The molecule has 0 spiro atoms. The molecule has 2 rings (SSSR count). The Balaban J connectivity index is 2.01. The molecule has 0 saturated carbocycles. The van der Waals surface area contributed by atoms with E-state index in [9.17, 15) is 0 Å². The number of aliphatic hydroxyl groups excluding tert-OH is 1. The van der Waals surface area contributed by atoms with Gasteiger partial charge in [-0.1, -0.05) is 19.9 Å². The van der Waals surface area contributed by atoms with E-state index < -0.39 is 0 Å². The van der Waals surface area contributed by atoms with Crippen LogP contribution in [0.4, 0.5) is 5.82 Å². The molecule has 0 bridgehead atoms. The van der Waals surface area contributed by atoms with Gasteiger partial charge in [-0.25, -0.2) is 4.98 Å². The van der Waals surface area contributed by atoms with E-state index in [1.807, 2.05) is 12.3 Å². The molecule has 1 fully saturated rings. The summed E-state index contributed by atoms with van der Waals surface area (Å²) in [5.41, 5.74) is 1.28. The monoisotopic (exact) mass is 291 g/mol. The Labute approximate surface area is 128 Å². The number of aliphatic hydroxyl groups is 1. The van der Waals surface area contributed by atoms with Crippen molar-refractivity contribution >= 4 is 5.82 Å². The molecule has 1 atom stereocenters. The van der Waals surface area contributed by atoms with Gasteiger partial charge < -0.3 is 15.3 Å². The molecule has 1 saturated heterocycles. The second-order valence-electron chi connectivity index (χ2n) is 6.48. The summed E-state index contributed by atoms with van der Waals surface area (Å²) < 4.78 is 0. The van der Waals surface area contributed by atoms with E-state index in [0.29, 0.717) is 18.4 Å². The molecule has 1 aliphatic rings. The van der Waals surface area contributed by atoms with Gasteiger partial charge in [0.2, 0.25) is 0 Å². The van der Waals surface area contributed by atoms with E-state index in [1.165, 1.54) is 18.4 Å². The summed E-state index contributed by atoms with van der Waals surface area (Å²) in [6, 6.07) is 4.19. The number of rotatable bonds is 7. The van der Waals surface area contributed by atoms with Gasteiger partial charge in [0.05, 0.1) is 0 Å². The molecule has 2 N–H and O–H groups in total. The average Bonchev–Trinajstić information content (AvgIpc) is 2.48. The van der Waals surface area contributed by atoms with Crippen LogP contribution < -0.4 is 10.2 Å². The highest BCUT2D eigenvalue weighted by molar-refractivity contribution is 5.47. The minimum absolute atomic E-state index is 0.295. The predicted molar refractivity (Wildman–Crippen MR) is 87.4 cm³/mol. The molecular formula is C17H29N3O. The standard InChI is InChI=1S/C17H29N3O/c1-14(2)11-18-12-16-6-3-8-19-17(16)20-9-4-5-15(13-20)7-10-21/h3,6,8,14-15,18,21H,4-5,7,9-13H2,1-2H3. The first-order valence-corrected chi connectivity index (χ1v) is 8.21. The highest BCUT2D eigenvalue weighted by atomic mass is 16.3. The molecule has 1 aromatic rings. The Morgan fingerprint density at radius 3 is 3.10 bits per heavy atom. The number of piperidine rings is 1. The Kier molecular flexibility index (Phi) is 6.46. The number of nitrogens with zero attached hydrogens (tertiary/aromatic N) is 2. The number of aromatic nitrogens is 1. The Morgan fingerprint density at radius 2 is 2.33 bits per heavy atom. The summed E-state index contributed by atoms with van der Waals surface area (Å²) in [7, 11) is 0. The van der Waals surface area contributed by atoms with E-state index >= 15 is 0 Å². The molecule has 118 valence electrons. The van der Waals surface area contributed by atoms with Gasteiger partial charge in [-0.15, -0.1) is 0 Å². The van der Waals surface area contributed by atoms with Gasteiger partial charge in [0.1, 0.15) is 5.82 Å². The van der Waals surface area contributed by atoms with Crippen molar-refractivity contribution in [2.24, 2.45) is 11.8 Å². The van der Waals surface area contributed by atoms with Crippen LogP contribution in [-0.2, 0) is 6.54 Å². The second-order valence-corrected chi connectivity index (χ2v) is 6.48. The first-order chi connectivity index (χ1) is 10.2. The summed E-state index contributed by atoms with van der Waals surface area (Å²) in [6.45, 7) is 8.75. The SMILES string of the molecule is CC(C)CNCc1cccnc1N1CCCC(CCO)C1. The molecule has 1 unspecified atom stereocenters. The first-order valence-electron chi connectivity index (χ1n) is 8.21. The highest BCUT2D eigenvalue weighted by Gasteiger charge is 2.22. The molecule has 2 heterocycles. The molecule has 1 aliphatic heterocycles. The normalized spacial score (nSPS) is 19.2. The number of pyridine rings is 1. The van der Waals surface area contributed by atoms with Gasteiger partial charge in [0.15, 0.2) is 0 Å². The lowest BCUT2D eigenvalue weighted by Gasteiger charge is -2.34. The van der Waals surface area contributed by atoms with Crippen LogP contribution in [0.5, 0.6) is 0 Å². The maximum absolute atomic E-state index is 9.15. The lowest BCUT2D eigenvalue weighted by molar-refractivity contribution is 0.244. The molecular weight excluding hydrogens is 262 g/mol. The second kappa shape index (κ2) is 8.35. The molecule has 4 heteroatoms. The third-order valence-electron chi connectivity index (χ3n) is 4.09. The molecule has 21 heavy (non-hydrogen) atoms. The number of nitrogens with one attached hydrogen (secondary N) is 1. The highest BCUT2D eigenvalue weighted by Crippen LogP contribution is 2.25. The lowest BCUT2D eigenvalue weighted by Crippen LogP contribution is -2.37. The van der Waals surface area contributed by atoms with Gasteiger partial charge in [0.25, 0.3) is 0 Å². The first kappa shape index (κ1) is 16.2. The Hall–Kier alpha value is -1.13. The molecule has 0 aliphatic carbocycles. The van der Waals surface area contributed by atoms with Crippen LogP contribution in [0.2, 0.25) is 0 Å². The van der Waals surface area contributed by atoms with Crippen molar-refractivity contribution in [1.29, 1.82) is 0 Å². The summed E-state index contributed by atoms with van der Waals surface area (Å²) in [4.78, 5) is 7.02. The van der Waals surface area contributed by atoms with E-state index in [0.717, 1.165) is 38.4 Å². The van der Waals surface area contributed by atoms with Crippen molar-refractivity contribution in [1.82, 2.24) is 10.3 Å². The predicted octanol–water partition coefficient (Wildman–Crippen LogP) is 2.43. The maximum Gasteiger partial charge on any atom is 0.133 e. The minimum atomic E-state index is 0.295. The van der Waals surface area contributed by atoms with E-state index in [-0.39, 0.29) is 0 Å². The molecule has 0 aromatic carbocycles. The molecule has 1 aromatic heterocycles. The summed E-state index contributed by atoms with van der Waals surface area (Å²) in [6.07, 6.45) is 5.21. The molecule has 4 nitrogen and oxygen atoms in total. The van der Waals surface area contributed by atoms with Crippen molar-refractivity contribution in [2.45, 2.75) is 39.7 Å². The minimum Gasteiger partial charge on any atom is -0.396 e. The van der Waals surface area contributed by atoms with Crippen molar-refractivity contribution in [3.05, 3.63) is 23.9 Å². The Bertz CT molecular complexity index is 420. The van der Waals surface area contributed by atoms with Crippen LogP contribution in [0.25, 0.3) is 0 Å². The average molecular weight is 291 g/mol. The van der Waals surface area contributed by atoms with Gasteiger partial charge in [0, 0.05) is 38.0 Å². The van der Waals surface area contributed by atoms with Gasteiger partial charge in [-0.2, -0.15) is 0 Å². The number of anilines is 1. The Morgan fingerprint density at radius 1 is 1.48 bits per heavy atom. The summed E-state index contributed by atoms with van der Waals surface area (Å²) in [5.74, 6) is 2.38. The van der Waals surface area contributed by atoms with Gasteiger partial charge in [-0.3, -0.25) is 0 Å². The molecule has 0 amide bonds. The van der Waals surface area contributed by atoms with E-state index in [4.69, 9.17) is 5.11 Å². The van der Waals surface area contributed by atoms with Crippen molar-refractivity contribution in [3.63, 3.8) is 0 Å². The number of hydrogen-bond acceptors (Lipinski definition) is 4. The van der Waals surface area contributed by atoms with Crippen LogP contribution in [0.1, 0.15) is 38.7 Å². The largest absolute Gasteiger partial charge is 0.396 e. The molecule has 0 radical (unpaired) electrons. The fourth-order valence-electron chi connectivity index (χ4n) is 3.02. The smallest absolute Gasteiger partial charge is 0.133 e. The zero-order valence-corrected chi connectivity index (χ0v) is 13.4. The van der Waals surface area contributed by atoms with Crippen molar-refractivity contribution in [3.8, 4) is 0 Å². The van der Waals surface area contributed by atoms with Crippen molar-refractivity contribution in [2.75, 3.05) is 31.1 Å². The third-order valence-corrected chi connectivity index (χ3v) is 4.09. The summed E-state index contributed by atoms with van der Waals surface area (Å²) >= 11 is 0. The topological polar surface area (TPSA) is 48.4 Å². The van der Waals surface area contributed by atoms with Crippen LogP contribution in [0.3, 0.4) is 0 Å². The quantitative estimate of drug-likeness (QED) is 0.810.